The number of carbonyl (C=O) groups is 2. The molecule has 3 rings (SSSR count). The van der Waals surface area contributed by atoms with Crippen LogP contribution in [0.2, 0.25) is 0 Å². The molecule has 1 atom stereocenters. The van der Waals surface area contributed by atoms with Crippen molar-refractivity contribution in [2.45, 2.75) is 45.7 Å². The Morgan fingerprint density at radius 3 is 2.77 bits per heavy atom. The second-order valence-corrected chi connectivity index (χ2v) is 7.36. The van der Waals surface area contributed by atoms with Gasteiger partial charge in [0.15, 0.2) is 6.61 Å². The van der Waals surface area contributed by atoms with Crippen molar-refractivity contribution in [2.75, 3.05) is 13.7 Å². The Balaban J connectivity index is 1.80. The predicted octanol–water partition coefficient (Wildman–Crippen LogP) is 2.22. The van der Waals surface area contributed by atoms with E-state index in [1.54, 1.807) is 37.9 Å². The summed E-state index contributed by atoms with van der Waals surface area (Å²) in [5, 5.41) is 10.5. The highest BCUT2D eigenvalue weighted by molar-refractivity contribution is 5.99. The van der Waals surface area contributed by atoms with Crippen molar-refractivity contribution < 1.29 is 23.1 Å². The first kappa shape index (κ1) is 21.5. The molecule has 0 fully saturated rings. The summed E-state index contributed by atoms with van der Waals surface area (Å²) in [6.07, 6.45) is 1.60. The number of nitrogens with zero attached hydrogens (tertiary/aromatic N) is 4. The fraction of sp³-hybridized carbons (Fsp3) is 0.450. The number of aromatic nitrogens is 3. The Morgan fingerprint density at radius 1 is 1.40 bits per heavy atom. The van der Waals surface area contributed by atoms with Gasteiger partial charge < -0.3 is 15.0 Å². The Labute approximate surface area is 172 Å². The van der Waals surface area contributed by atoms with E-state index in [2.05, 4.69) is 20.5 Å². The molecule has 160 valence electrons. The van der Waals surface area contributed by atoms with Gasteiger partial charge >= 0.3 is 0 Å². The second-order valence-electron chi connectivity index (χ2n) is 7.36. The van der Waals surface area contributed by atoms with Crippen molar-refractivity contribution in [1.82, 2.24) is 25.4 Å². The number of likely N-dealkylation sites (N-methyl/N-ethyl adjacent to an activating group) is 1. The number of hydrogen-bond donors (Lipinski definition) is 1. The third-order valence-corrected chi connectivity index (χ3v) is 4.89. The lowest BCUT2D eigenvalue weighted by Crippen LogP contribution is -2.28. The van der Waals surface area contributed by atoms with Crippen molar-refractivity contribution in [1.29, 1.82) is 0 Å². The molecule has 3 heterocycles. The highest BCUT2D eigenvalue weighted by Crippen LogP contribution is 2.32. The summed E-state index contributed by atoms with van der Waals surface area (Å²) in [5.74, 6) is -3.33. The van der Waals surface area contributed by atoms with Gasteiger partial charge in [-0.25, -0.2) is 8.78 Å². The van der Waals surface area contributed by atoms with Crippen LogP contribution in [-0.4, -0.2) is 51.5 Å². The van der Waals surface area contributed by atoms with E-state index in [1.165, 1.54) is 6.20 Å². The van der Waals surface area contributed by atoms with Gasteiger partial charge in [-0.1, -0.05) is 0 Å². The van der Waals surface area contributed by atoms with E-state index >= 15 is 0 Å². The van der Waals surface area contributed by atoms with Crippen LogP contribution < -0.4 is 10.1 Å². The minimum Gasteiger partial charge on any atom is -0.470 e. The topological polar surface area (TPSA) is 97.3 Å². The lowest BCUT2D eigenvalue weighted by molar-refractivity contribution is -0.120. The second kappa shape index (κ2) is 8.29. The molecule has 0 aromatic carbocycles. The van der Waals surface area contributed by atoms with Crippen molar-refractivity contribution in [3.8, 4) is 5.88 Å². The first-order valence-corrected chi connectivity index (χ1v) is 9.44. The molecule has 0 spiro atoms. The molecular weight excluding hydrogens is 396 g/mol. The highest BCUT2D eigenvalue weighted by atomic mass is 19.3. The average Bonchev–Trinajstić information content (AvgIpc) is 3.03. The van der Waals surface area contributed by atoms with Gasteiger partial charge in [-0.15, -0.1) is 10.2 Å². The van der Waals surface area contributed by atoms with Gasteiger partial charge in [0.2, 0.25) is 11.8 Å². The summed E-state index contributed by atoms with van der Waals surface area (Å²) in [4.78, 5) is 30.6. The first-order valence-electron chi connectivity index (χ1n) is 9.44. The van der Waals surface area contributed by atoms with Crippen LogP contribution in [0.1, 0.15) is 52.8 Å². The number of ether oxygens (including phenoxy) is 1. The maximum atomic E-state index is 13.0. The van der Waals surface area contributed by atoms with Crippen LogP contribution >= 0.6 is 0 Å². The van der Waals surface area contributed by atoms with Crippen LogP contribution in [0.25, 0.3) is 0 Å². The van der Waals surface area contributed by atoms with Gasteiger partial charge in [0.1, 0.15) is 0 Å². The molecule has 8 nitrogen and oxygen atoms in total. The van der Waals surface area contributed by atoms with Crippen LogP contribution in [0, 0.1) is 6.92 Å². The molecule has 1 aliphatic rings. The summed E-state index contributed by atoms with van der Waals surface area (Å²) in [5.41, 5.74) is 2.83. The van der Waals surface area contributed by atoms with E-state index < -0.39 is 18.6 Å². The zero-order valence-corrected chi connectivity index (χ0v) is 17.2. The van der Waals surface area contributed by atoms with E-state index in [-0.39, 0.29) is 30.7 Å². The Morgan fingerprint density at radius 2 is 2.13 bits per heavy atom. The molecule has 0 bridgehead atoms. The number of pyridine rings is 1. The molecule has 2 aromatic rings. The van der Waals surface area contributed by atoms with Crippen LogP contribution in [0.5, 0.6) is 5.88 Å². The maximum Gasteiger partial charge on any atom is 0.278 e. The van der Waals surface area contributed by atoms with Crippen molar-refractivity contribution in [3.05, 3.63) is 46.4 Å². The standard InChI is InChI=1S/C20H23F2N5O3/c1-11-7-15(25-26-18(11)30-10-20(3,21)22)12(2)27-9-14-13(19(27)29)5-6-24-16(14)8-17(28)23-4/h5-7,12H,8-10H2,1-4H3,(H,23,28). The summed E-state index contributed by atoms with van der Waals surface area (Å²) < 4.78 is 31.1. The third-order valence-electron chi connectivity index (χ3n) is 4.89. The van der Waals surface area contributed by atoms with Crippen molar-refractivity contribution in [3.63, 3.8) is 0 Å². The van der Waals surface area contributed by atoms with Gasteiger partial charge in [0, 0.05) is 43.4 Å². The zero-order valence-electron chi connectivity index (χ0n) is 17.2. The number of halogens is 2. The third kappa shape index (κ3) is 4.52. The van der Waals surface area contributed by atoms with Gasteiger partial charge in [0.25, 0.3) is 11.8 Å². The molecule has 30 heavy (non-hydrogen) atoms. The van der Waals surface area contributed by atoms with E-state index in [0.29, 0.717) is 28.1 Å². The molecule has 0 radical (unpaired) electrons. The van der Waals surface area contributed by atoms with Gasteiger partial charge in [-0.2, -0.15) is 0 Å². The number of amides is 2. The summed E-state index contributed by atoms with van der Waals surface area (Å²) in [7, 11) is 1.54. The number of aryl methyl sites for hydroxylation is 1. The molecule has 0 saturated carbocycles. The molecule has 2 amide bonds. The first-order chi connectivity index (χ1) is 14.1. The molecule has 0 saturated heterocycles. The van der Waals surface area contributed by atoms with E-state index in [0.717, 1.165) is 6.92 Å². The number of fused-ring (bicyclic) bond motifs is 1. The van der Waals surface area contributed by atoms with E-state index in [1.807, 2.05) is 0 Å². The minimum atomic E-state index is -2.98. The zero-order chi connectivity index (χ0) is 22.1. The van der Waals surface area contributed by atoms with Crippen LogP contribution in [-0.2, 0) is 17.8 Å². The van der Waals surface area contributed by atoms with Crippen LogP contribution in [0.3, 0.4) is 0 Å². The fourth-order valence-electron chi connectivity index (χ4n) is 3.21. The normalized spacial score (nSPS) is 14.5. The number of rotatable bonds is 7. The summed E-state index contributed by atoms with van der Waals surface area (Å²) in [6.45, 7) is 3.74. The van der Waals surface area contributed by atoms with Crippen LogP contribution in [0.15, 0.2) is 18.3 Å². The summed E-state index contributed by atoms with van der Waals surface area (Å²) >= 11 is 0. The predicted molar refractivity (Wildman–Crippen MR) is 103 cm³/mol. The number of nitrogens with one attached hydrogen (secondary N) is 1. The lowest BCUT2D eigenvalue weighted by Gasteiger charge is -2.24. The van der Waals surface area contributed by atoms with Gasteiger partial charge in [-0.3, -0.25) is 14.6 Å². The number of carbonyl (C=O) groups excluding carboxylic acids is 2. The maximum absolute atomic E-state index is 13.0. The molecule has 10 heteroatoms. The largest absolute Gasteiger partial charge is 0.470 e. The monoisotopic (exact) mass is 419 g/mol. The fourth-order valence-corrected chi connectivity index (χ4v) is 3.21. The van der Waals surface area contributed by atoms with Gasteiger partial charge in [-0.05, 0) is 26.0 Å². The number of alkyl halides is 2. The number of hydrogen-bond acceptors (Lipinski definition) is 6. The molecule has 2 aromatic heterocycles. The Hall–Kier alpha value is -3.17. The quantitative estimate of drug-likeness (QED) is 0.739. The van der Waals surface area contributed by atoms with Gasteiger partial charge in [0.05, 0.1) is 23.9 Å². The lowest BCUT2D eigenvalue weighted by atomic mass is 10.1. The van der Waals surface area contributed by atoms with Crippen LogP contribution in [0.4, 0.5) is 8.78 Å². The van der Waals surface area contributed by atoms with E-state index in [9.17, 15) is 18.4 Å². The molecule has 1 N–H and O–H groups in total. The Bertz CT molecular complexity index is 977. The smallest absolute Gasteiger partial charge is 0.278 e. The van der Waals surface area contributed by atoms with Crippen molar-refractivity contribution >= 4 is 11.8 Å². The van der Waals surface area contributed by atoms with E-state index in [4.69, 9.17) is 4.74 Å². The molecule has 0 aliphatic carbocycles. The Kier molecular flexibility index (Phi) is 5.95. The average molecular weight is 419 g/mol. The summed E-state index contributed by atoms with van der Waals surface area (Å²) in [6, 6.07) is 2.88. The molecule has 1 aliphatic heterocycles. The highest BCUT2D eigenvalue weighted by Gasteiger charge is 2.34. The molecule has 1 unspecified atom stereocenters. The van der Waals surface area contributed by atoms with Crippen molar-refractivity contribution in [2.24, 2.45) is 0 Å². The molecular formula is C20H23F2N5O3. The SMILES string of the molecule is CNC(=O)Cc1nccc2c1CN(C(C)c1cc(C)c(OCC(C)(F)F)nn1)C2=O. The minimum absolute atomic E-state index is 0.0283.